The lowest BCUT2D eigenvalue weighted by Gasteiger charge is -2.31. The summed E-state index contributed by atoms with van der Waals surface area (Å²) in [7, 11) is -3.66. The van der Waals surface area contributed by atoms with Crippen molar-refractivity contribution in [1.29, 1.82) is 0 Å². The average Bonchev–Trinajstić information content (AvgIpc) is 2.64. The number of quaternary nitrogens is 1. The Bertz CT molecular complexity index is 916. The molecule has 0 aliphatic carbocycles. The molecule has 27 heavy (non-hydrogen) atoms. The van der Waals surface area contributed by atoms with Gasteiger partial charge in [0, 0.05) is 6.20 Å². The number of halogens is 2. The van der Waals surface area contributed by atoms with E-state index in [2.05, 4.69) is 10.3 Å². The largest absolute Gasteiger partial charge is 0.325 e. The molecule has 7 nitrogen and oxygen atoms in total. The van der Waals surface area contributed by atoms with Crippen molar-refractivity contribution in [2.24, 2.45) is 0 Å². The quantitative estimate of drug-likeness (QED) is 0.695. The molecule has 0 bridgehead atoms. The molecule has 3 rings (SSSR count). The van der Waals surface area contributed by atoms with E-state index < -0.39 is 15.8 Å². The van der Waals surface area contributed by atoms with Crippen LogP contribution in [0.15, 0.2) is 47.5 Å². The maximum atomic E-state index is 13.0. The fourth-order valence-electron chi connectivity index (χ4n) is 2.88. The number of hydrogen-bond acceptors (Lipinski definition) is 4. The van der Waals surface area contributed by atoms with E-state index in [4.69, 9.17) is 11.6 Å². The molecule has 0 unspecified atom stereocenters. The summed E-state index contributed by atoms with van der Waals surface area (Å²) in [6.07, 6.45) is 1.53. The van der Waals surface area contributed by atoms with Gasteiger partial charge in [0.05, 0.1) is 36.8 Å². The lowest BCUT2D eigenvalue weighted by molar-refractivity contribution is -0.895. The van der Waals surface area contributed by atoms with Crippen LogP contribution in [0.1, 0.15) is 0 Å². The van der Waals surface area contributed by atoms with Gasteiger partial charge in [0.1, 0.15) is 5.82 Å². The minimum Gasteiger partial charge on any atom is -0.325 e. The van der Waals surface area contributed by atoms with E-state index in [-0.39, 0.29) is 35.6 Å². The number of carbonyl (C=O) groups is 1. The van der Waals surface area contributed by atoms with Gasteiger partial charge < -0.3 is 10.2 Å². The second kappa shape index (κ2) is 8.30. The van der Waals surface area contributed by atoms with Crippen LogP contribution in [0.2, 0.25) is 5.15 Å². The molecule has 1 saturated heterocycles. The van der Waals surface area contributed by atoms with E-state index in [1.807, 2.05) is 0 Å². The van der Waals surface area contributed by atoms with Crippen molar-refractivity contribution in [3.63, 3.8) is 0 Å². The van der Waals surface area contributed by atoms with E-state index in [0.717, 1.165) is 17.0 Å². The van der Waals surface area contributed by atoms with Crippen molar-refractivity contribution in [2.45, 2.75) is 4.90 Å². The zero-order valence-electron chi connectivity index (χ0n) is 14.4. The highest BCUT2D eigenvalue weighted by atomic mass is 35.5. The van der Waals surface area contributed by atoms with E-state index in [0.29, 0.717) is 18.8 Å². The van der Waals surface area contributed by atoms with Gasteiger partial charge in [-0.15, -0.1) is 0 Å². The van der Waals surface area contributed by atoms with Gasteiger partial charge in [-0.1, -0.05) is 11.6 Å². The molecule has 1 aromatic heterocycles. The molecular weight excluding hydrogens is 395 g/mol. The third-order valence-electron chi connectivity index (χ3n) is 4.32. The Labute approximate surface area is 161 Å². The molecule has 1 aromatic carbocycles. The number of carbonyl (C=O) groups excluding carboxylic acids is 1. The molecule has 1 fully saturated rings. The standard InChI is InChI=1S/C17H18ClFN4O3S/c18-17-15(2-1-7-20-17)21-16(24)12-22-8-10-23(11-9-22)27(25,26)14-5-3-13(19)4-6-14/h1-7H,8-12H2,(H,21,24)/p+1. The Morgan fingerprint density at radius 2 is 1.89 bits per heavy atom. The van der Waals surface area contributed by atoms with Gasteiger partial charge in [0.2, 0.25) is 10.0 Å². The molecule has 2 heterocycles. The van der Waals surface area contributed by atoms with Crippen molar-refractivity contribution in [3.8, 4) is 0 Å². The van der Waals surface area contributed by atoms with Gasteiger partial charge in [-0.3, -0.25) is 4.79 Å². The van der Waals surface area contributed by atoms with Gasteiger partial charge in [0.25, 0.3) is 5.91 Å². The Morgan fingerprint density at radius 1 is 1.22 bits per heavy atom. The van der Waals surface area contributed by atoms with Gasteiger partial charge in [-0.05, 0) is 36.4 Å². The first kappa shape index (κ1) is 19.7. The minimum atomic E-state index is -3.66. The smallest absolute Gasteiger partial charge is 0.279 e. The lowest BCUT2D eigenvalue weighted by Crippen LogP contribution is -3.15. The molecule has 1 amide bonds. The van der Waals surface area contributed by atoms with Gasteiger partial charge in [-0.2, -0.15) is 4.31 Å². The number of piperazine rings is 1. The molecule has 1 aliphatic heterocycles. The van der Waals surface area contributed by atoms with Crippen LogP contribution in [-0.4, -0.2) is 56.3 Å². The third-order valence-corrected chi connectivity index (χ3v) is 6.54. The molecule has 10 heteroatoms. The Hall–Kier alpha value is -2.07. The van der Waals surface area contributed by atoms with Crippen LogP contribution in [0, 0.1) is 5.82 Å². The maximum Gasteiger partial charge on any atom is 0.279 e. The number of rotatable bonds is 5. The Balaban J connectivity index is 1.55. The fourth-order valence-corrected chi connectivity index (χ4v) is 4.48. The van der Waals surface area contributed by atoms with Crippen LogP contribution in [0.3, 0.4) is 0 Å². The van der Waals surface area contributed by atoms with Crippen LogP contribution < -0.4 is 10.2 Å². The molecule has 144 valence electrons. The molecule has 0 spiro atoms. The van der Waals surface area contributed by atoms with Gasteiger partial charge in [0.15, 0.2) is 11.7 Å². The highest BCUT2D eigenvalue weighted by Gasteiger charge is 2.31. The first-order valence-electron chi connectivity index (χ1n) is 8.36. The number of nitrogens with zero attached hydrogens (tertiary/aromatic N) is 2. The van der Waals surface area contributed by atoms with Crippen LogP contribution in [-0.2, 0) is 14.8 Å². The monoisotopic (exact) mass is 413 g/mol. The number of sulfonamides is 1. The normalized spacial score (nSPS) is 16.2. The molecule has 2 N–H and O–H groups in total. The minimum absolute atomic E-state index is 0.0660. The summed E-state index contributed by atoms with van der Waals surface area (Å²) >= 11 is 5.92. The molecule has 2 aromatic rings. The summed E-state index contributed by atoms with van der Waals surface area (Å²) in [5, 5.41) is 2.93. The van der Waals surface area contributed by atoms with E-state index >= 15 is 0 Å². The predicted octanol–water partition coefficient (Wildman–Crippen LogP) is 0.402. The van der Waals surface area contributed by atoms with Crippen LogP contribution in [0.25, 0.3) is 0 Å². The average molecular weight is 414 g/mol. The summed E-state index contributed by atoms with van der Waals surface area (Å²) in [6.45, 7) is 1.77. The lowest BCUT2D eigenvalue weighted by atomic mass is 10.3. The zero-order valence-corrected chi connectivity index (χ0v) is 15.9. The summed E-state index contributed by atoms with van der Waals surface area (Å²) in [5.74, 6) is -0.697. The predicted molar refractivity (Wildman–Crippen MR) is 98.6 cm³/mol. The number of nitrogens with one attached hydrogen (secondary N) is 2. The van der Waals surface area contributed by atoms with Crippen LogP contribution in [0.5, 0.6) is 0 Å². The molecule has 0 radical (unpaired) electrons. The number of pyridine rings is 1. The zero-order chi connectivity index (χ0) is 19.4. The van der Waals surface area contributed by atoms with Crippen LogP contribution in [0.4, 0.5) is 10.1 Å². The highest BCUT2D eigenvalue weighted by molar-refractivity contribution is 7.89. The molecule has 0 saturated carbocycles. The Kier molecular flexibility index (Phi) is 6.05. The molecule has 0 atom stereocenters. The first-order valence-corrected chi connectivity index (χ1v) is 10.2. The first-order chi connectivity index (χ1) is 12.9. The second-order valence-electron chi connectivity index (χ2n) is 6.17. The summed E-state index contributed by atoms with van der Waals surface area (Å²) in [6, 6.07) is 8.11. The fraction of sp³-hybridized carbons (Fsp3) is 0.294. The van der Waals surface area contributed by atoms with E-state index in [9.17, 15) is 17.6 Å². The van der Waals surface area contributed by atoms with E-state index in [1.54, 1.807) is 12.1 Å². The number of amides is 1. The van der Waals surface area contributed by atoms with E-state index in [1.165, 1.54) is 22.6 Å². The highest BCUT2D eigenvalue weighted by Crippen LogP contribution is 2.17. The topological polar surface area (TPSA) is 83.8 Å². The summed E-state index contributed by atoms with van der Waals surface area (Å²) in [5.41, 5.74) is 0.445. The maximum absolute atomic E-state index is 13.0. The number of hydrogen-bond donors (Lipinski definition) is 2. The number of aromatic nitrogens is 1. The number of anilines is 1. The van der Waals surface area contributed by atoms with Gasteiger partial charge >= 0.3 is 0 Å². The van der Waals surface area contributed by atoms with Gasteiger partial charge in [-0.25, -0.2) is 17.8 Å². The molecular formula is C17H19ClFN4O3S+. The molecule has 1 aliphatic rings. The van der Waals surface area contributed by atoms with Crippen molar-refractivity contribution in [1.82, 2.24) is 9.29 Å². The summed E-state index contributed by atoms with van der Waals surface area (Å²) < 4.78 is 39.6. The van der Waals surface area contributed by atoms with Crippen molar-refractivity contribution in [3.05, 3.63) is 53.6 Å². The second-order valence-corrected chi connectivity index (χ2v) is 8.47. The van der Waals surface area contributed by atoms with Crippen molar-refractivity contribution < 1.29 is 22.5 Å². The third kappa shape index (κ3) is 4.81. The number of benzene rings is 1. The van der Waals surface area contributed by atoms with Crippen LogP contribution >= 0.6 is 11.6 Å². The SMILES string of the molecule is O=C(C[NH+]1CCN(S(=O)(=O)c2ccc(F)cc2)CC1)Nc1cccnc1Cl. The summed E-state index contributed by atoms with van der Waals surface area (Å²) in [4.78, 5) is 17.1. The van der Waals surface area contributed by atoms with Crippen molar-refractivity contribution >= 4 is 33.2 Å². The Morgan fingerprint density at radius 3 is 2.52 bits per heavy atom. The van der Waals surface area contributed by atoms with Crippen molar-refractivity contribution in [2.75, 3.05) is 38.0 Å².